The first-order valence-corrected chi connectivity index (χ1v) is 9.04. The van der Waals surface area contributed by atoms with Gasteiger partial charge >= 0.3 is 0 Å². The number of benzene rings is 1. The van der Waals surface area contributed by atoms with E-state index >= 15 is 0 Å². The van der Waals surface area contributed by atoms with E-state index in [-0.39, 0.29) is 25.1 Å². The Balaban J connectivity index is 1.67. The van der Waals surface area contributed by atoms with Gasteiger partial charge in [-0.1, -0.05) is 12.1 Å². The molecule has 1 heterocycles. The van der Waals surface area contributed by atoms with Crippen LogP contribution in [0.1, 0.15) is 35.2 Å². The topological polar surface area (TPSA) is 86.7 Å². The Bertz CT molecular complexity index is 670. The lowest BCUT2D eigenvalue weighted by Gasteiger charge is -2.17. The maximum absolute atomic E-state index is 12.5. The Hall–Kier alpha value is -1.44. The molecule has 1 unspecified atom stereocenters. The minimum Gasteiger partial charge on any atom is -0.392 e. The number of amides is 1. The van der Waals surface area contributed by atoms with Crippen molar-refractivity contribution >= 4 is 15.9 Å². The van der Waals surface area contributed by atoms with Gasteiger partial charge in [0.15, 0.2) is 0 Å². The van der Waals surface area contributed by atoms with E-state index in [1.54, 1.807) is 29.2 Å². The molecule has 0 aromatic heterocycles. The molecule has 3 rings (SSSR count). The summed E-state index contributed by atoms with van der Waals surface area (Å²) >= 11 is 0. The summed E-state index contributed by atoms with van der Waals surface area (Å²) in [6, 6.07) is 6.89. The van der Waals surface area contributed by atoms with Crippen molar-refractivity contribution in [1.82, 2.24) is 9.62 Å². The monoisotopic (exact) mass is 324 g/mol. The zero-order chi connectivity index (χ0) is 15.7. The summed E-state index contributed by atoms with van der Waals surface area (Å²) in [4.78, 5) is 14.0. The fourth-order valence-corrected chi connectivity index (χ4v) is 4.37. The van der Waals surface area contributed by atoms with E-state index < -0.39 is 15.3 Å². The van der Waals surface area contributed by atoms with Crippen LogP contribution in [0.4, 0.5) is 0 Å². The van der Waals surface area contributed by atoms with Crippen LogP contribution in [0.5, 0.6) is 0 Å². The van der Waals surface area contributed by atoms with E-state index in [9.17, 15) is 13.2 Å². The van der Waals surface area contributed by atoms with Crippen LogP contribution in [0.3, 0.4) is 0 Å². The highest BCUT2D eigenvalue weighted by atomic mass is 32.2. The van der Waals surface area contributed by atoms with Gasteiger partial charge in [-0.25, -0.2) is 13.1 Å². The second kappa shape index (κ2) is 5.98. The Morgan fingerprint density at radius 1 is 1.32 bits per heavy atom. The Morgan fingerprint density at radius 2 is 2.09 bits per heavy atom. The standard InChI is InChI=1S/C15H20N2O4S/c18-10-11-2-1-3-12(8-11)15(19)17-7-6-14(9-17)22(20,21)16-13-4-5-13/h1-3,8,13-14,16,18H,4-7,9-10H2. The molecule has 1 saturated heterocycles. The fraction of sp³-hybridized carbons (Fsp3) is 0.533. The molecule has 1 aliphatic heterocycles. The number of nitrogens with one attached hydrogen (secondary N) is 1. The van der Waals surface area contributed by atoms with Crippen LogP contribution in [0.25, 0.3) is 0 Å². The van der Waals surface area contributed by atoms with Crippen molar-refractivity contribution in [2.45, 2.75) is 37.2 Å². The van der Waals surface area contributed by atoms with Crippen molar-refractivity contribution in [1.29, 1.82) is 0 Å². The molecular weight excluding hydrogens is 304 g/mol. The molecule has 22 heavy (non-hydrogen) atoms. The second-order valence-electron chi connectivity index (χ2n) is 5.96. The molecular formula is C15H20N2O4S. The predicted molar refractivity (Wildman–Crippen MR) is 81.8 cm³/mol. The highest BCUT2D eigenvalue weighted by Gasteiger charge is 2.38. The predicted octanol–water partition coefficient (Wildman–Crippen LogP) is 0.475. The number of carbonyl (C=O) groups excluding carboxylic acids is 1. The maximum Gasteiger partial charge on any atom is 0.253 e. The molecule has 0 bridgehead atoms. The van der Waals surface area contributed by atoms with E-state index in [2.05, 4.69) is 4.72 Å². The number of hydrogen-bond donors (Lipinski definition) is 2. The van der Waals surface area contributed by atoms with Crippen molar-refractivity contribution in [3.8, 4) is 0 Å². The number of nitrogens with zero attached hydrogens (tertiary/aromatic N) is 1. The SMILES string of the molecule is O=C(c1cccc(CO)c1)N1CCC(S(=O)(=O)NC2CC2)C1. The zero-order valence-corrected chi connectivity index (χ0v) is 13.1. The lowest BCUT2D eigenvalue weighted by atomic mass is 10.1. The maximum atomic E-state index is 12.5. The zero-order valence-electron chi connectivity index (χ0n) is 12.2. The van der Waals surface area contributed by atoms with E-state index in [1.807, 2.05) is 0 Å². The van der Waals surface area contributed by atoms with E-state index in [4.69, 9.17) is 5.11 Å². The quantitative estimate of drug-likeness (QED) is 0.824. The Kier molecular flexibility index (Phi) is 4.20. The number of sulfonamides is 1. The van der Waals surface area contributed by atoms with Crippen LogP contribution in [0.15, 0.2) is 24.3 Å². The first-order chi connectivity index (χ1) is 10.5. The van der Waals surface area contributed by atoms with Gasteiger partial charge in [0.05, 0.1) is 11.9 Å². The molecule has 1 aromatic carbocycles. The second-order valence-corrected chi connectivity index (χ2v) is 7.95. The van der Waals surface area contributed by atoms with E-state index in [0.29, 0.717) is 24.1 Å². The molecule has 1 atom stereocenters. The molecule has 0 spiro atoms. The summed E-state index contributed by atoms with van der Waals surface area (Å²) in [6.45, 7) is 0.548. The number of carbonyl (C=O) groups is 1. The molecule has 0 radical (unpaired) electrons. The number of aliphatic hydroxyl groups excluding tert-OH is 1. The molecule has 2 fully saturated rings. The molecule has 1 aromatic rings. The average molecular weight is 324 g/mol. The van der Waals surface area contributed by atoms with E-state index in [0.717, 1.165) is 12.8 Å². The third-order valence-corrected chi connectivity index (χ3v) is 6.06. The van der Waals surface area contributed by atoms with Crippen molar-refractivity contribution in [3.05, 3.63) is 35.4 Å². The normalized spacial score (nSPS) is 22.0. The van der Waals surface area contributed by atoms with Gasteiger partial charge in [0.25, 0.3) is 5.91 Å². The molecule has 2 aliphatic rings. The van der Waals surface area contributed by atoms with Gasteiger partial charge in [0.1, 0.15) is 0 Å². The van der Waals surface area contributed by atoms with Crippen molar-refractivity contribution in [3.63, 3.8) is 0 Å². The first-order valence-electron chi connectivity index (χ1n) is 7.50. The lowest BCUT2D eigenvalue weighted by molar-refractivity contribution is 0.0793. The summed E-state index contributed by atoms with van der Waals surface area (Å²) in [5, 5.41) is 8.61. The smallest absolute Gasteiger partial charge is 0.253 e. The molecule has 1 amide bonds. The highest BCUT2D eigenvalue weighted by Crippen LogP contribution is 2.24. The minimum atomic E-state index is -3.34. The van der Waals surface area contributed by atoms with Crippen LogP contribution in [0, 0.1) is 0 Å². The largest absolute Gasteiger partial charge is 0.392 e. The summed E-state index contributed by atoms with van der Waals surface area (Å²) < 4.78 is 27.1. The van der Waals surface area contributed by atoms with Gasteiger partial charge in [-0.15, -0.1) is 0 Å². The molecule has 1 saturated carbocycles. The van der Waals surface area contributed by atoms with Gasteiger partial charge < -0.3 is 10.0 Å². The average Bonchev–Trinajstić information content (AvgIpc) is 3.17. The molecule has 6 nitrogen and oxygen atoms in total. The van der Waals surface area contributed by atoms with Crippen molar-refractivity contribution in [2.75, 3.05) is 13.1 Å². The van der Waals surface area contributed by atoms with Crippen LogP contribution in [-0.2, 0) is 16.6 Å². The van der Waals surface area contributed by atoms with Crippen molar-refractivity contribution in [2.24, 2.45) is 0 Å². The van der Waals surface area contributed by atoms with E-state index in [1.165, 1.54) is 0 Å². The number of rotatable bonds is 5. The van der Waals surface area contributed by atoms with Crippen LogP contribution in [0.2, 0.25) is 0 Å². The highest BCUT2D eigenvalue weighted by molar-refractivity contribution is 7.90. The Morgan fingerprint density at radius 3 is 2.77 bits per heavy atom. The molecule has 2 N–H and O–H groups in total. The van der Waals surface area contributed by atoms with Crippen LogP contribution >= 0.6 is 0 Å². The lowest BCUT2D eigenvalue weighted by Crippen LogP contribution is -2.38. The molecule has 1 aliphatic carbocycles. The molecule has 120 valence electrons. The Labute approximate surface area is 130 Å². The first kappa shape index (κ1) is 15.5. The van der Waals surface area contributed by atoms with Gasteiger partial charge in [-0.05, 0) is 37.0 Å². The summed E-state index contributed by atoms with van der Waals surface area (Å²) in [5.74, 6) is -0.181. The summed E-state index contributed by atoms with van der Waals surface area (Å²) in [5.41, 5.74) is 1.16. The molecule has 7 heteroatoms. The van der Waals surface area contributed by atoms with Crippen LogP contribution < -0.4 is 4.72 Å². The number of likely N-dealkylation sites (tertiary alicyclic amines) is 1. The third kappa shape index (κ3) is 3.31. The van der Waals surface area contributed by atoms with Crippen molar-refractivity contribution < 1.29 is 18.3 Å². The van der Waals surface area contributed by atoms with Gasteiger partial charge in [0, 0.05) is 24.7 Å². The van der Waals surface area contributed by atoms with Crippen LogP contribution in [-0.4, -0.2) is 48.7 Å². The van der Waals surface area contributed by atoms with Gasteiger partial charge in [-0.2, -0.15) is 0 Å². The van der Waals surface area contributed by atoms with Gasteiger partial charge in [-0.3, -0.25) is 4.79 Å². The minimum absolute atomic E-state index is 0.0935. The number of aliphatic hydroxyl groups is 1. The summed E-state index contributed by atoms with van der Waals surface area (Å²) in [6.07, 6.45) is 2.28. The number of hydrogen-bond acceptors (Lipinski definition) is 4. The fourth-order valence-electron chi connectivity index (χ4n) is 2.68. The summed E-state index contributed by atoms with van der Waals surface area (Å²) in [7, 11) is -3.34. The third-order valence-electron chi connectivity index (χ3n) is 4.14. The van der Waals surface area contributed by atoms with Gasteiger partial charge in [0.2, 0.25) is 10.0 Å².